The van der Waals surface area contributed by atoms with E-state index < -0.39 is 0 Å². The molecule has 0 radical (unpaired) electrons. The lowest BCUT2D eigenvalue weighted by atomic mass is 10.1. The van der Waals surface area contributed by atoms with Crippen LogP contribution in [-0.4, -0.2) is 17.9 Å². The van der Waals surface area contributed by atoms with Crippen molar-refractivity contribution in [1.82, 2.24) is 4.98 Å². The Balaban J connectivity index is 1.76. The summed E-state index contributed by atoms with van der Waals surface area (Å²) in [5, 5.41) is 4.07. The van der Waals surface area contributed by atoms with Gasteiger partial charge in [0.05, 0.1) is 18.5 Å². The fourth-order valence-electron chi connectivity index (χ4n) is 2.13. The summed E-state index contributed by atoms with van der Waals surface area (Å²) in [4.78, 5) is 16.7. The molecule has 0 atom stereocenters. The lowest BCUT2D eigenvalue weighted by molar-refractivity contribution is 0.104. The van der Waals surface area contributed by atoms with Crippen LogP contribution in [0.15, 0.2) is 65.4 Å². The van der Waals surface area contributed by atoms with Gasteiger partial charge in [-0.15, -0.1) is 0 Å². The number of methoxy groups -OCH3 is 1. The Bertz CT molecular complexity index is 821. The second-order valence-corrected chi connectivity index (χ2v) is 5.67. The second kappa shape index (κ2) is 7.03. The lowest BCUT2D eigenvalue weighted by Crippen LogP contribution is -1.94. The number of hydrogen-bond donors (Lipinski definition) is 0. The van der Waals surface area contributed by atoms with E-state index >= 15 is 0 Å². The highest BCUT2D eigenvalue weighted by atomic mass is 32.1. The van der Waals surface area contributed by atoms with Gasteiger partial charge in [-0.25, -0.2) is 4.98 Å². The zero-order chi connectivity index (χ0) is 16.1. The number of nitrogens with zero attached hydrogens (tertiary/aromatic N) is 1. The number of benzene rings is 1. The van der Waals surface area contributed by atoms with Gasteiger partial charge in [0, 0.05) is 16.5 Å². The summed E-state index contributed by atoms with van der Waals surface area (Å²) in [5.74, 6) is 0.672. The van der Waals surface area contributed by atoms with Gasteiger partial charge in [-0.05, 0) is 60.0 Å². The van der Waals surface area contributed by atoms with Crippen LogP contribution in [0.25, 0.3) is 17.3 Å². The van der Waals surface area contributed by atoms with Crippen LogP contribution in [0.3, 0.4) is 0 Å². The molecule has 0 spiro atoms. The summed E-state index contributed by atoms with van der Waals surface area (Å²) in [6.07, 6.45) is 3.28. The summed E-state index contributed by atoms with van der Waals surface area (Å²) in [6.45, 7) is 0. The van der Waals surface area contributed by atoms with Crippen LogP contribution in [0.5, 0.6) is 5.75 Å². The number of ketones is 1. The van der Waals surface area contributed by atoms with Crippen LogP contribution in [0.4, 0.5) is 0 Å². The fourth-order valence-corrected chi connectivity index (χ4v) is 2.78. The molecule has 4 heteroatoms. The van der Waals surface area contributed by atoms with Gasteiger partial charge < -0.3 is 4.74 Å². The van der Waals surface area contributed by atoms with E-state index in [-0.39, 0.29) is 5.78 Å². The van der Waals surface area contributed by atoms with E-state index in [1.54, 1.807) is 54.9 Å². The minimum atomic E-state index is -0.0598. The Hall–Kier alpha value is -2.72. The average Bonchev–Trinajstić information content (AvgIpc) is 3.15. The summed E-state index contributed by atoms with van der Waals surface area (Å²) < 4.78 is 5.09. The molecule has 0 amide bonds. The maximum atomic E-state index is 12.2. The van der Waals surface area contributed by atoms with E-state index in [9.17, 15) is 4.79 Å². The van der Waals surface area contributed by atoms with Crippen molar-refractivity contribution in [3.8, 4) is 17.0 Å². The molecule has 0 bridgehead atoms. The van der Waals surface area contributed by atoms with Gasteiger partial charge in [-0.3, -0.25) is 4.79 Å². The van der Waals surface area contributed by atoms with Crippen molar-refractivity contribution >= 4 is 23.2 Å². The van der Waals surface area contributed by atoms with Crippen molar-refractivity contribution < 1.29 is 9.53 Å². The molecular formula is C19H15NO2S. The zero-order valence-electron chi connectivity index (χ0n) is 12.6. The van der Waals surface area contributed by atoms with Crippen molar-refractivity contribution in [2.24, 2.45) is 0 Å². The number of hydrogen-bond acceptors (Lipinski definition) is 4. The number of thiophene rings is 1. The molecule has 3 aromatic rings. The molecule has 3 rings (SSSR count). The van der Waals surface area contributed by atoms with Gasteiger partial charge in [0.1, 0.15) is 5.75 Å². The molecule has 3 nitrogen and oxygen atoms in total. The van der Waals surface area contributed by atoms with Crippen LogP contribution in [0.1, 0.15) is 16.1 Å². The average molecular weight is 321 g/mol. The fraction of sp³-hybridized carbons (Fsp3) is 0.0526. The molecule has 0 aliphatic heterocycles. The van der Waals surface area contributed by atoms with E-state index in [1.165, 1.54) is 0 Å². The molecule has 0 fully saturated rings. The molecular weight excluding hydrogens is 306 g/mol. The van der Waals surface area contributed by atoms with Gasteiger partial charge in [-0.1, -0.05) is 6.07 Å². The summed E-state index contributed by atoms with van der Waals surface area (Å²) in [5.41, 5.74) is 3.38. The largest absolute Gasteiger partial charge is 0.497 e. The van der Waals surface area contributed by atoms with Gasteiger partial charge >= 0.3 is 0 Å². The number of rotatable bonds is 5. The van der Waals surface area contributed by atoms with Crippen molar-refractivity contribution in [2.75, 3.05) is 7.11 Å². The van der Waals surface area contributed by atoms with E-state index in [0.717, 1.165) is 22.7 Å². The third-order valence-corrected chi connectivity index (χ3v) is 4.05. The molecule has 0 saturated carbocycles. The number of pyridine rings is 1. The Kier molecular flexibility index (Phi) is 4.64. The number of carbonyl (C=O) groups is 1. The molecule has 1 aromatic carbocycles. The summed E-state index contributed by atoms with van der Waals surface area (Å²) >= 11 is 1.64. The number of aromatic nitrogens is 1. The van der Waals surface area contributed by atoms with Crippen LogP contribution >= 0.6 is 11.3 Å². The molecule has 0 N–H and O–H groups in total. The number of ether oxygens (including phenoxy) is 1. The summed E-state index contributed by atoms with van der Waals surface area (Å²) in [7, 11) is 1.60. The lowest BCUT2D eigenvalue weighted by Gasteiger charge is -2.01. The first kappa shape index (κ1) is 15.2. The van der Waals surface area contributed by atoms with E-state index in [2.05, 4.69) is 10.4 Å². The minimum absolute atomic E-state index is 0.0598. The van der Waals surface area contributed by atoms with Crippen molar-refractivity contribution in [1.29, 1.82) is 0 Å². The number of allylic oxidation sites excluding steroid dienone is 1. The van der Waals surface area contributed by atoms with Crippen molar-refractivity contribution in [2.45, 2.75) is 0 Å². The van der Waals surface area contributed by atoms with Crippen LogP contribution in [-0.2, 0) is 0 Å². The molecule has 0 unspecified atom stereocenters. The minimum Gasteiger partial charge on any atom is -0.497 e. The van der Waals surface area contributed by atoms with Gasteiger partial charge in [0.15, 0.2) is 5.78 Å². The van der Waals surface area contributed by atoms with Crippen molar-refractivity contribution in [3.05, 3.63) is 76.6 Å². The highest BCUT2D eigenvalue weighted by molar-refractivity contribution is 7.08. The van der Waals surface area contributed by atoms with Crippen LogP contribution in [0.2, 0.25) is 0 Å². The van der Waals surface area contributed by atoms with Gasteiger partial charge in [0.2, 0.25) is 0 Å². The van der Waals surface area contributed by atoms with Crippen LogP contribution < -0.4 is 4.74 Å². The van der Waals surface area contributed by atoms with E-state index in [0.29, 0.717) is 5.56 Å². The topological polar surface area (TPSA) is 39.2 Å². The molecule has 0 aliphatic rings. The SMILES string of the molecule is COc1ccc(C(=O)/C=C/c2cccc(-c3ccsc3)n2)cc1. The Labute approximate surface area is 138 Å². The first-order valence-corrected chi connectivity index (χ1v) is 8.06. The number of carbonyl (C=O) groups excluding carboxylic acids is 1. The smallest absolute Gasteiger partial charge is 0.185 e. The molecule has 2 heterocycles. The molecule has 2 aromatic heterocycles. The maximum absolute atomic E-state index is 12.2. The Morgan fingerprint density at radius 3 is 2.65 bits per heavy atom. The van der Waals surface area contributed by atoms with E-state index in [4.69, 9.17) is 4.74 Å². The Morgan fingerprint density at radius 2 is 1.96 bits per heavy atom. The van der Waals surface area contributed by atoms with Crippen LogP contribution in [0, 0.1) is 0 Å². The predicted molar refractivity (Wildman–Crippen MR) is 93.9 cm³/mol. The maximum Gasteiger partial charge on any atom is 0.185 e. The molecule has 23 heavy (non-hydrogen) atoms. The third kappa shape index (κ3) is 3.73. The third-order valence-electron chi connectivity index (χ3n) is 3.37. The molecule has 114 valence electrons. The molecule has 0 saturated heterocycles. The highest BCUT2D eigenvalue weighted by Gasteiger charge is 2.03. The summed E-state index contributed by atoms with van der Waals surface area (Å²) in [6, 6.07) is 14.9. The standard InChI is InChI=1S/C19H15NO2S/c1-22-17-8-5-14(6-9-17)19(21)10-7-16-3-2-4-18(20-16)15-11-12-23-13-15/h2-13H,1H3/b10-7+. The van der Waals surface area contributed by atoms with Gasteiger partial charge in [-0.2, -0.15) is 11.3 Å². The normalized spacial score (nSPS) is 10.8. The van der Waals surface area contributed by atoms with Crippen molar-refractivity contribution in [3.63, 3.8) is 0 Å². The monoisotopic (exact) mass is 321 g/mol. The van der Waals surface area contributed by atoms with E-state index in [1.807, 2.05) is 29.6 Å². The second-order valence-electron chi connectivity index (χ2n) is 4.89. The first-order valence-electron chi connectivity index (χ1n) is 7.12. The predicted octanol–water partition coefficient (Wildman–Crippen LogP) is 4.71. The highest BCUT2D eigenvalue weighted by Crippen LogP contribution is 2.20. The first-order chi connectivity index (χ1) is 11.3. The Morgan fingerprint density at radius 1 is 1.13 bits per heavy atom. The quantitative estimate of drug-likeness (QED) is 0.504. The zero-order valence-corrected chi connectivity index (χ0v) is 13.4. The molecule has 0 aliphatic carbocycles. The van der Waals surface area contributed by atoms with Gasteiger partial charge in [0.25, 0.3) is 0 Å².